The SMILES string of the molecule is C1=C(C2CC[N-]CC2)CC[N-]C1.CC(=NO)C(C)=NO.CC(=NO)C(C)=NO.[Co+2].[Co].[NH2-]. The molecule has 1 fully saturated rings. The average Bonchev–Trinajstić information content (AvgIpc) is 2.78. The van der Waals surface area contributed by atoms with E-state index in [-0.39, 0.29) is 39.7 Å². The van der Waals surface area contributed by atoms with Gasteiger partial charge in [-0.25, -0.2) is 0 Å². The van der Waals surface area contributed by atoms with Crippen molar-refractivity contribution in [3.05, 3.63) is 28.4 Å². The number of rotatable bonds is 3. The normalized spacial score (nSPS) is 17.7. The molecule has 0 bridgehead atoms. The Bertz CT molecular complexity index is 542. The van der Waals surface area contributed by atoms with Gasteiger partial charge in [0.15, 0.2) is 0 Å². The number of piperidine rings is 1. The molecule has 0 unspecified atom stereocenters. The minimum Gasteiger partial charge on any atom is -0.693 e. The topological polar surface area (TPSA) is 192 Å². The molecule has 11 nitrogen and oxygen atoms in total. The Morgan fingerprint density at radius 2 is 1.16 bits per heavy atom. The van der Waals surface area contributed by atoms with Gasteiger partial charge in [-0.1, -0.05) is 45.5 Å². The van der Waals surface area contributed by atoms with Crippen LogP contribution in [0.15, 0.2) is 32.3 Å². The first kappa shape index (κ1) is 36.9. The minimum absolute atomic E-state index is 0. The molecule has 1 saturated heterocycles. The molecule has 0 aliphatic carbocycles. The van der Waals surface area contributed by atoms with Crippen LogP contribution in [-0.2, 0) is 33.6 Å². The van der Waals surface area contributed by atoms with Crippen LogP contribution in [0.3, 0.4) is 0 Å². The number of hydrogen-bond donors (Lipinski definition) is 4. The monoisotopic (exact) mass is 530 g/mol. The number of oxime groups is 4. The van der Waals surface area contributed by atoms with E-state index in [2.05, 4.69) is 37.3 Å². The third kappa shape index (κ3) is 16.8. The van der Waals surface area contributed by atoms with E-state index >= 15 is 0 Å². The summed E-state index contributed by atoms with van der Waals surface area (Å²) >= 11 is 0. The number of nitrogens with two attached hydrogens (primary N) is 1. The molecule has 2 aliphatic rings. The van der Waals surface area contributed by atoms with Gasteiger partial charge in [0.05, 0.1) is 0 Å². The van der Waals surface area contributed by atoms with E-state index < -0.39 is 0 Å². The second-order valence-corrected chi connectivity index (χ2v) is 6.35. The smallest absolute Gasteiger partial charge is 0.693 e. The number of hydrogen-bond acceptors (Lipinski definition) is 8. The van der Waals surface area contributed by atoms with E-state index in [1.807, 2.05) is 0 Å². The van der Waals surface area contributed by atoms with Crippen molar-refractivity contribution in [2.75, 3.05) is 26.2 Å². The fourth-order valence-electron chi connectivity index (χ4n) is 2.36. The molecule has 2 rings (SSSR count). The van der Waals surface area contributed by atoms with Gasteiger partial charge in [0, 0.05) is 16.8 Å². The van der Waals surface area contributed by atoms with Crippen molar-refractivity contribution < 1.29 is 54.4 Å². The predicted octanol–water partition coefficient (Wildman–Crippen LogP) is 4.56. The van der Waals surface area contributed by atoms with Crippen molar-refractivity contribution in [3.8, 4) is 0 Å². The third-order valence-electron chi connectivity index (χ3n) is 4.48. The van der Waals surface area contributed by atoms with Gasteiger partial charge < -0.3 is 37.6 Å². The van der Waals surface area contributed by atoms with Gasteiger partial charge in [0.1, 0.15) is 22.8 Å². The van der Waals surface area contributed by atoms with Gasteiger partial charge in [-0.3, -0.25) is 0 Å². The second kappa shape index (κ2) is 23.2. The van der Waals surface area contributed by atoms with Gasteiger partial charge in [0.2, 0.25) is 0 Å². The average molecular weight is 530 g/mol. The van der Waals surface area contributed by atoms with E-state index in [1.165, 1.54) is 47.0 Å². The van der Waals surface area contributed by atoms with E-state index in [4.69, 9.17) is 20.8 Å². The summed E-state index contributed by atoms with van der Waals surface area (Å²) < 4.78 is 0. The first-order valence-corrected chi connectivity index (χ1v) is 9.11. The maximum atomic E-state index is 8.03. The van der Waals surface area contributed by atoms with Gasteiger partial charge >= 0.3 is 16.8 Å². The molecule has 0 atom stereocenters. The Hall–Kier alpha value is -1.49. The van der Waals surface area contributed by atoms with Gasteiger partial charge in [-0.2, -0.15) is 0 Å². The molecule has 31 heavy (non-hydrogen) atoms. The molecule has 0 spiro atoms. The summed E-state index contributed by atoms with van der Waals surface area (Å²) in [6.45, 7) is 10.3. The quantitative estimate of drug-likeness (QED) is 0.180. The van der Waals surface area contributed by atoms with Crippen molar-refractivity contribution in [1.29, 1.82) is 0 Å². The zero-order chi connectivity index (χ0) is 21.4. The zero-order valence-electron chi connectivity index (χ0n) is 18.3. The summed E-state index contributed by atoms with van der Waals surface area (Å²) in [7, 11) is 0. The van der Waals surface area contributed by atoms with Crippen LogP contribution in [0, 0.1) is 5.92 Å². The summed E-state index contributed by atoms with van der Waals surface area (Å²) in [5.74, 6) is 0.845. The molecular formula is C18H34Co2N7O4-. The fourth-order valence-corrected chi connectivity index (χ4v) is 2.36. The van der Waals surface area contributed by atoms with Crippen LogP contribution in [0.5, 0.6) is 0 Å². The maximum Gasteiger partial charge on any atom is 2.00 e. The Balaban J connectivity index is -0.000000175. The molecule has 184 valence electrons. The van der Waals surface area contributed by atoms with Crippen LogP contribution >= 0.6 is 0 Å². The van der Waals surface area contributed by atoms with Crippen LogP contribution in [0.2, 0.25) is 0 Å². The van der Waals surface area contributed by atoms with Crippen LogP contribution in [-0.4, -0.2) is 69.9 Å². The summed E-state index contributed by atoms with van der Waals surface area (Å²) in [5, 5.41) is 52.0. The molecule has 0 aromatic heterocycles. The molecule has 2 aliphatic heterocycles. The molecule has 0 aromatic carbocycles. The van der Waals surface area contributed by atoms with Crippen molar-refractivity contribution in [2.24, 2.45) is 26.5 Å². The molecule has 0 aromatic rings. The Labute approximate surface area is 205 Å². The minimum atomic E-state index is 0. The number of nitrogens with zero attached hydrogens (tertiary/aromatic N) is 6. The summed E-state index contributed by atoms with van der Waals surface area (Å²) in [6.07, 6.45) is 6.11. The first-order chi connectivity index (χ1) is 13.4. The molecule has 0 saturated carbocycles. The van der Waals surface area contributed by atoms with E-state index in [0.717, 1.165) is 32.1 Å². The Morgan fingerprint density at radius 3 is 1.45 bits per heavy atom. The third-order valence-corrected chi connectivity index (χ3v) is 4.48. The summed E-state index contributed by atoms with van der Waals surface area (Å²) in [5.41, 5.74) is 2.92. The Kier molecular flexibility index (Phi) is 27.6. The summed E-state index contributed by atoms with van der Waals surface area (Å²) in [4.78, 5) is 0. The molecule has 13 heteroatoms. The van der Waals surface area contributed by atoms with E-state index in [9.17, 15) is 0 Å². The second-order valence-electron chi connectivity index (χ2n) is 6.35. The van der Waals surface area contributed by atoms with Crippen molar-refractivity contribution >= 4 is 22.8 Å². The van der Waals surface area contributed by atoms with E-state index in [1.54, 1.807) is 5.57 Å². The Morgan fingerprint density at radius 1 is 0.774 bits per heavy atom. The summed E-state index contributed by atoms with van der Waals surface area (Å²) in [6, 6.07) is 0. The van der Waals surface area contributed by atoms with Crippen molar-refractivity contribution in [1.82, 2.24) is 0 Å². The molecular weight excluding hydrogens is 496 g/mol. The fraction of sp³-hybridized carbons (Fsp3) is 0.667. The molecule has 6 N–H and O–H groups in total. The maximum absolute atomic E-state index is 8.03. The van der Waals surface area contributed by atoms with Crippen LogP contribution in [0.4, 0.5) is 0 Å². The van der Waals surface area contributed by atoms with Gasteiger partial charge in [-0.15, -0.1) is 32.3 Å². The standard InChI is InChI=1S/C10H16N2.2C4H8N2O2.2Co.H2N/c1-5-11-6-2-9(1)10-3-7-12-8-4-10;2*1-3(5-7)4(2)6-8;;;/h1,10H,2-8H2;2*7-8H,1-2H3;;;1H2/q-2;;;;+2;-1. The van der Waals surface area contributed by atoms with Crippen LogP contribution < -0.4 is 0 Å². The first-order valence-electron chi connectivity index (χ1n) is 9.11. The predicted molar refractivity (Wildman–Crippen MR) is 116 cm³/mol. The zero-order valence-corrected chi connectivity index (χ0v) is 20.4. The van der Waals surface area contributed by atoms with E-state index in [0.29, 0.717) is 22.8 Å². The van der Waals surface area contributed by atoms with Crippen molar-refractivity contribution in [2.45, 2.75) is 47.0 Å². The van der Waals surface area contributed by atoms with Crippen LogP contribution in [0.1, 0.15) is 47.0 Å². The molecule has 2 radical (unpaired) electrons. The molecule has 2 heterocycles. The largest absolute Gasteiger partial charge is 2.00 e. The molecule has 0 amide bonds. The van der Waals surface area contributed by atoms with Gasteiger partial charge in [-0.05, 0) is 33.6 Å². The van der Waals surface area contributed by atoms with Crippen molar-refractivity contribution in [3.63, 3.8) is 0 Å². The van der Waals surface area contributed by atoms with Crippen LogP contribution in [0.25, 0.3) is 16.8 Å². The van der Waals surface area contributed by atoms with Gasteiger partial charge in [0.25, 0.3) is 0 Å².